The van der Waals surface area contributed by atoms with Crippen LogP contribution in [-0.2, 0) is 10.2 Å². The summed E-state index contributed by atoms with van der Waals surface area (Å²) >= 11 is 0. The average Bonchev–Trinajstić information content (AvgIpc) is 3.19. The fourth-order valence-corrected chi connectivity index (χ4v) is 3.18. The van der Waals surface area contributed by atoms with Crippen molar-refractivity contribution in [1.29, 1.82) is 0 Å². The second-order valence-electron chi connectivity index (χ2n) is 8.72. The molecule has 0 spiro atoms. The van der Waals surface area contributed by atoms with Crippen LogP contribution in [0.1, 0.15) is 36.8 Å². The van der Waals surface area contributed by atoms with Crippen molar-refractivity contribution in [3.05, 3.63) is 59.8 Å². The molecule has 31 heavy (non-hydrogen) atoms. The van der Waals surface area contributed by atoms with Gasteiger partial charge in [-0.1, -0.05) is 45.0 Å². The molecule has 0 aliphatic carbocycles. The van der Waals surface area contributed by atoms with Gasteiger partial charge >= 0.3 is 0 Å². The zero-order valence-corrected chi connectivity index (χ0v) is 19.2. The summed E-state index contributed by atoms with van der Waals surface area (Å²) < 4.78 is 11.2. The Labute approximate surface area is 184 Å². The lowest BCUT2D eigenvalue weighted by molar-refractivity contribution is 0.0933. The molecule has 0 fully saturated rings. The van der Waals surface area contributed by atoms with Crippen molar-refractivity contribution < 1.29 is 13.9 Å². The molecule has 6 heteroatoms. The number of aromatic nitrogens is 1. The monoisotopic (exact) mass is 421 g/mol. The molecule has 1 heterocycles. The van der Waals surface area contributed by atoms with Crippen LogP contribution in [0.5, 0.6) is 0 Å². The van der Waals surface area contributed by atoms with Crippen LogP contribution in [0.2, 0.25) is 0 Å². The molecule has 1 N–H and O–H groups in total. The van der Waals surface area contributed by atoms with Crippen molar-refractivity contribution in [2.45, 2.75) is 26.2 Å². The van der Waals surface area contributed by atoms with Crippen LogP contribution in [0.25, 0.3) is 22.8 Å². The van der Waals surface area contributed by atoms with Crippen LogP contribution in [0.4, 0.5) is 5.69 Å². The molecule has 0 saturated heterocycles. The van der Waals surface area contributed by atoms with Crippen molar-refractivity contribution >= 4 is 11.6 Å². The van der Waals surface area contributed by atoms with E-state index in [-0.39, 0.29) is 17.0 Å². The lowest BCUT2D eigenvalue weighted by Crippen LogP contribution is -2.27. The molecule has 3 rings (SSSR count). The Morgan fingerprint density at radius 1 is 1.10 bits per heavy atom. The Morgan fingerprint density at radius 2 is 1.81 bits per heavy atom. The first kappa shape index (κ1) is 22.6. The summed E-state index contributed by atoms with van der Waals surface area (Å²) in [6, 6.07) is 16.0. The zero-order chi connectivity index (χ0) is 22.6. The standard InChI is InChI=1S/C25H31N3O3/c1-25(2,3)19-12-10-17(11-13-19)24-27-21(23(29)26-14-15-30-6)22(31-24)18-8-7-9-20(16-18)28(4)5/h7-13,16H,14-15H2,1-6H3,(H,26,29). The molecule has 2 aromatic carbocycles. The summed E-state index contributed by atoms with van der Waals surface area (Å²) in [6.45, 7) is 7.34. The number of carbonyl (C=O) groups excluding carboxylic acids is 1. The molecule has 1 aromatic heterocycles. The Hall–Kier alpha value is -3.12. The maximum atomic E-state index is 12.9. The Balaban J connectivity index is 2.03. The lowest BCUT2D eigenvalue weighted by atomic mass is 9.87. The number of nitrogens with zero attached hydrogens (tertiary/aromatic N) is 2. The number of hydrogen-bond acceptors (Lipinski definition) is 5. The van der Waals surface area contributed by atoms with Crippen LogP contribution in [-0.4, -0.2) is 45.2 Å². The molecule has 0 aliphatic heterocycles. The fraction of sp³-hybridized carbons (Fsp3) is 0.360. The highest BCUT2D eigenvalue weighted by Crippen LogP contribution is 2.33. The Morgan fingerprint density at radius 3 is 2.42 bits per heavy atom. The van der Waals surface area contributed by atoms with Gasteiger partial charge in [0.25, 0.3) is 5.91 Å². The van der Waals surface area contributed by atoms with E-state index in [1.807, 2.05) is 55.4 Å². The first-order valence-corrected chi connectivity index (χ1v) is 10.4. The quantitative estimate of drug-likeness (QED) is 0.558. The first-order chi connectivity index (χ1) is 14.7. The third-order valence-corrected chi connectivity index (χ3v) is 5.06. The predicted octanol–water partition coefficient (Wildman–Crippen LogP) is 4.75. The number of nitrogens with one attached hydrogen (secondary N) is 1. The Bertz CT molecular complexity index is 1030. The minimum absolute atomic E-state index is 0.0549. The third kappa shape index (κ3) is 5.33. The normalized spacial score (nSPS) is 11.4. The van der Waals surface area contributed by atoms with Gasteiger partial charge in [-0.05, 0) is 35.2 Å². The van der Waals surface area contributed by atoms with Crippen molar-refractivity contribution in [3.8, 4) is 22.8 Å². The van der Waals surface area contributed by atoms with Crippen LogP contribution < -0.4 is 10.2 Å². The number of benzene rings is 2. The highest BCUT2D eigenvalue weighted by atomic mass is 16.5. The number of oxazole rings is 1. The van der Waals surface area contributed by atoms with Gasteiger partial charge in [0.15, 0.2) is 11.5 Å². The van der Waals surface area contributed by atoms with E-state index < -0.39 is 0 Å². The molecular weight excluding hydrogens is 390 g/mol. The minimum Gasteiger partial charge on any atom is -0.435 e. The summed E-state index contributed by atoms with van der Waals surface area (Å²) in [6.07, 6.45) is 0. The number of hydrogen-bond donors (Lipinski definition) is 1. The summed E-state index contributed by atoms with van der Waals surface area (Å²) in [7, 11) is 5.54. The van der Waals surface area contributed by atoms with Crippen LogP contribution in [0.3, 0.4) is 0 Å². The minimum atomic E-state index is -0.288. The van der Waals surface area contributed by atoms with E-state index in [4.69, 9.17) is 9.15 Å². The van der Waals surface area contributed by atoms with Crippen LogP contribution >= 0.6 is 0 Å². The van der Waals surface area contributed by atoms with E-state index in [2.05, 4.69) is 43.2 Å². The fourth-order valence-electron chi connectivity index (χ4n) is 3.18. The second kappa shape index (κ2) is 9.35. The highest BCUT2D eigenvalue weighted by Gasteiger charge is 2.23. The van der Waals surface area contributed by atoms with Crippen molar-refractivity contribution in [3.63, 3.8) is 0 Å². The van der Waals surface area contributed by atoms with Crippen LogP contribution in [0, 0.1) is 0 Å². The van der Waals surface area contributed by atoms with Gasteiger partial charge < -0.3 is 19.4 Å². The molecule has 0 saturated carbocycles. The molecule has 164 valence electrons. The summed E-state index contributed by atoms with van der Waals surface area (Å²) in [5, 5.41) is 2.84. The van der Waals surface area contributed by atoms with E-state index in [0.29, 0.717) is 24.8 Å². The summed E-state index contributed by atoms with van der Waals surface area (Å²) in [5.74, 6) is 0.583. The molecule has 0 aliphatic rings. The number of ether oxygens (including phenoxy) is 1. The van der Waals surface area contributed by atoms with E-state index >= 15 is 0 Å². The maximum absolute atomic E-state index is 12.9. The average molecular weight is 422 g/mol. The molecule has 0 bridgehead atoms. The van der Waals surface area contributed by atoms with Crippen molar-refractivity contribution in [1.82, 2.24) is 10.3 Å². The highest BCUT2D eigenvalue weighted by molar-refractivity contribution is 5.98. The van der Waals surface area contributed by atoms with Crippen molar-refractivity contribution in [2.24, 2.45) is 0 Å². The number of methoxy groups -OCH3 is 1. The molecular formula is C25H31N3O3. The SMILES string of the molecule is COCCNC(=O)c1nc(-c2ccc(C(C)(C)C)cc2)oc1-c1cccc(N(C)C)c1. The number of carbonyl (C=O) groups is 1. The lowest BCUT2D eigenvalue weighted by Gasteiger charge is -2.18. The van der Waals surface area contributed by atoms with Crippen LogP contribution in [0.15, 0.2) is 52.9 Å². The Kier molecular flexibility index (Phi) is 6.81. The molecule has 0 radical (unpaired) electrons. The van der Waals surface area contributed by atoms with E-state index in [9.17, 15) is 4.79 Å². The summed E-state index contributed by atoms with van der Waals surface area (Å²) in [5.41, 5.74) is 4.18. The van der Waals surface area contributed by atoms with E-state index in [1.165, 1.54) is 5.56 Å². The molecule has 0 atom stereocenters. The van der Waals surface area contributed by atoms with Gasteiger partial charge in [0.1, 0.15) is 0 Å². The smallest absolute Gasteiger partial charge is 0.274 e. The maximum Gasteiger partial charge on any atom is 0.274 e. The molecule has 3 aromatic rings. The van der Waals surface area contributed by atoms with Gasteiger partial charge in [0, 0.05) is 44.6 Å². The van der Waals surface area contributed by atoms with E-state index in [0.717, 1.165) is 16.8 Å². The van der Waals surface area contributed by atoms with E-state index in [1.54, 1.807) is 7.11 Å². The zero-order valence-electron chi connectivity index (χ0n) is 19.2. The van der Waals surface area contributed by atoms with Gasteiger partial charge in [-0.3, -0.25) is 4.79 Å². The van der Waals surface area contributed by atoms with Gasteiger partial charge in [-0.15, -0.1) is 0 Å². The van der Waals surface area contributed by atoms with Gasteiger partial charge in [0.05, 0.1) is 6.61 Å². The van der Waals surface area contributed by atoms with Gasteiger partial charge in [-0.2, -0.15) is 0 Å². The first-order valence-electron chi connectivity index (χ1n) is 10.4. The largest absolute Gasteiger partial charge is 0.435 e. The molecule has 0 unspecified atom stereocenters. The number of amides is 1. The number of rotatable bonds is 7. The third-order valence-electron chi connectivity index (χ3n) is 5.06. The predicted molar refractivity (Wildman–Crippen MR) is 125 cm³/mol. The molecule has 6 nitrogen and oxygen atoms in total. The molecule has 1 amide bonds. The second-order valence-corrected chi connectivity index (χ2v) is 8.72. The van der Waals surface area contributed by atoms with Crippen molar-refractivity contribution in [2.75, 3.05) is 39.3 Å². The topological polar surface area (TPSA) is 67.6 Å². The van der Waals surface area contributed by atoms with Gasteiger partial charge in [-0.25, -0.2) is 4.98 Å². The summed E-state index contributed by atoms with van der Waals surface area (Å²) in [4.78, 5) is 19.4. The van der Waals surface area contributed by atoms with Gasteiger partial charge in [0.2, 0.25) is 5.89 Å². The number of anilines is 1.